The summed E-state index contributed by atoms with van der Waals surface area (Å²) in [6.07, 6.45) is 0. The first-order chi connectivity index (χ1) is 8.58. The van der Waals surface area contributed by atoms with Crippen molar-refractivity contribution < 1.29 is 4.74 Å². The lowest BCUT2D eigenvalue weighted by Gasteiger charge is -2.07. The van der Waals surface area contributed by atoms with Gasteiger partial charge < -0.3 is 9.30 Å². The molecule has 0 radical (unpaired) electrons. The number of nitrogens with zero attached hydrogens (tertiary/aromatic N) is 3. The van der Waals surface area contributed by atoms with Crippen LogP contribution in [0.2, 0.25) is 0 Å². The summed E-state index contributed by atoms with van der Waals surface area (Å²) >= 11 is 3.29. The molecule has 2 rings (SSSR count). The third-order valence-electron chi connectivity index (χ3n) is 2.81. The van der Waals surface area contributed by atoms with E-state index in [-0.39, 0.29) is 0 Å². The highest BCUT2D eigenvalue weighted by molar-refractivity contribution is 9.10. The van der Waals surface area contributed by atoms with Gasteiger partial charge in [-0.2, -0.15) is 5.26 Å². The Morgan fingerprint density at radius 3 is 2.67 bits per heavy atom. The average molecular weight is 306 g/mol. The molecule has 0 unspecified atom stereocenters. The highest BCUT2D eigenvalue weighted by Crippen LogP contribution is 2.28. The van der Waals surface area contributed by atoms with Crippen LogP contribution in [0.15, 0.2) is 22.8 Å². The van der Waals surface area contributed by atoms with Crippen LogP contribution in [-0.2, 0) is 7.05 Å². The molecule has 92 valence electrons. The Balaban J connectivity index is 2.57. The molecule has 2 aromatic rings. The molecule has 0 N–H and O–H groups in total. The Bertz CT molecular complexity index is 640. The zero-order valence-electron chi connectivity index (χ0n) is 10.4. The Morgan fingerprint density at radius 2 is 2.17 bits per heavy atom. The number of nitriles is 1. The van der Waals surface area contributed by atoms with Gasteiger partial charge in [-0.05, 0) is 46.6 Å². The van der Waals surface area contributed by atoms with E-state index in [4.69, 9.17) is 10.00 Å². The predicted molar refractivity (Wildman–Crippen MR) is 72.3 cm³/mol. The standard InChI is InChI=1S/C13H12BrN3O/c1-8-6-9(4-5-11(8)18-3)13-16-12(14)10(7-15)17(13)2/h4-6H,1-3H3. The summed E-state index contributed by atoms with van der Waals surface area (Å²) in [4.78, 5) is 4.36. The summed E-state index contributed by atoms with van der Waals surface area (Å²) in [6, 6.07) is 7.95. The lowest BCUT2D eigenvalue weighted by Crippen LogP contribution is -1.96. The van der Waals surface area contributed by atoms with Crippen LogP contribution in [0.5, 0.6) is 5.75 Å². The summed E-state index contributed by atoms with van der Waals surface area (Å²) in [7, 11) is 3.47. The molecule has 0 atom stereocenters. The van der Waals surface area contributed by atoms with Crippen LogP contribution in [0, 0.1) is 18.3 Å². The van der Waals surface area contributed by atoms with Crippen LogP contribution in [-0.4, -0.2) is 16.7 Å². The third kappa shape index (κ3) is 2.00. The van der Waals surface area contributed by atoms with E-state index in [1.807, 2.05) is 32.2 Å². The van der Waals surface area contributed by atoms with Gasteiger partial charge in [0.2, 0.25) is 0 Å². The second kappa shape index (κ2) is 4.83. The van der Waals surface area contributed by atoms with Crippen molar-refractivity contribution in [3.8, 4) is 23.2 Å². The maximum atomic E-state index is 9.04. The topological polar surface area (TPSA) is 50.8 Å². The molecular formula is C13H12BrN3O. The number of hydrogen-bond acceptors (Lipinski definition) is 3. The summed E-state index contributed by atoms with van der Waals surface area (Å²) in [6.45, 7) is 1.98. The first-order valence-corrected chi connectivity index (χ1v) is 6.15. The monoisotopic (exact) mass is 305 g/mol. The Hall–Kier alpha value is -1.80. The number of hydrogen-bond donors (Lipinski definition) is 0. The smallest absolute Gasteiger partial charge is 0.154 e. The second-order valence-electron chi connectivity index (χ2n) is 3.93. The molecular weight excluding hydrogens is 294 g/mol. The molecule has 0 saturated heterocycles. The zero-order chi connectivity index (χ0) is 13.3. The van der Waals surface area contributed by atoms with Gasteiger partial charge >= 0.3 is 0 Å². The fourth-order valence-corrected chi connectivity index (χ4v) is 2.38. The molecule has 18 heavy (non-hydrogen) atoms. The van der Waals surface area contributed by atoms with E-state index in [1.54, 1.807) is 11.7 Å². The number of benzene rings is 1. The quantitative estimate of drug-likeness (QED) is 0.857. The number of aryl methyl sites for hydroxylation is 1. The van der Waals surface area contributed by atoms with E-state index in [0.717, 1.165) is 22.7 Å². The fraction of sp³-hybridized carbons (Fsp3) is 0.231. The number of halogens is 1. The molecule has 0 bridgehead atoms. The maximum Gasteiger partial charge on any atom is 0.154 e. The minimum absolute atomic E-state index is 0.512. The van der Waals surface area contributed by atoms with Crippen molar-refractivity contribution in [2.75, 3.05) is 7.11 Å². The molecule has 0 aliphatic carbocycles. The molecule has 0 fully saturated rings. The minimum Gasteiger partial charge on any atom is -0.496 e. The molecule has 1 aromatic carbocycles. The Kier molecular flexibility index (Phi) is 3.39. The van der Waals surface area contributed by atoms with Crippen molar-refractivity contribution in [2.24, 2.45) is 7.05 Å². The van der Waals surface area contributed by atoms with Gasteiger partial charge in [0.05, 0.1) is 7.11 Å². The van der Waals surface area contributed by atoms with Gasteiger partial charge in [-0.3, -0.25) is 0 Å². The summed E-state index contributed by atoms with van der Waals surface area (Å²) < 4.78 is 7.56. The van der Waals surface area contributed by atoms with E-state index in [1.165, 1.54) is 0 Å². The molecule has 0 saturated carbocycles. The number of methoxy groups -OCH3 is 1. The highest BCUT2D eigenvalue weighted by Gasteiger charge is 2.14. The number of aromatic nitrogens is 2. The molecule has 0 amide bonds. The number of rotatable bonds is 2. The van der Waals surface area contributed by atoms with Crippen LogP contribution in [0.4, 0.5) is 0 Å². The summed E-state index contributed by atoms with van der Waals surface area (Å²) in [5, 5.41) is 9.04. The molecule has 4 nitrogen and oxygen atoms in total. The normalized spacial score (nSPS) is 10.2. The average Bonchev–Trinajstić information content (AvgIpc) is 2.64. The largest absolute Gasteiger partial charge is 0.496 e. The summed E-state index contributed by atoms with van der Waals surface area (Å²) in [5.74, 6) is 1.59. The van der Waals surface area contributed by atoms with Gasteiger partial charge in [0.25, 0.3) is 0 Å². The van der Waals surface area contributed by atoms with E-state index >= 15 is 0 Å². The number of imidazole rings is 1. The molecule has 0 aliphatic rings. The van der Waals surface area contributed by atoms with Crippen LogP contribution < -0.4 is 4.74 Å². The molecule has 0 spiro atoms. The van der Waals surface area contributed by atoms with Gasteiger partial charge in [-0.25, -0.2) is 4.98 Å². The van der Waals surface area contributed by atoms with Gasteiger partial charge in [-0.1, -0.05) is 0 Å². The minimum atomic E-state index is 0.512. The maximum absolute atomic E-state index is 9.04. The van der Waals surface area contributed by atoms with Gasteiger partial charge in [-0.15, -0.1) is 0 Å². The third-order valence-corrected chi connectivity index (χ3v) is 3.36. The van der Waals surface area contributed by atoms with E-state index in [9.17, 15) is 0 Å². The summed E-state index contributed by atoms with van der Waals surface area (Å²) in [5.41, 5.74) is 2.50. The first kappa shape index (κ1) is 12.7. The fourth-order valence-electron chi connectivity index (χ4n) is 1.86. The Labute approximate surface area is 114 Å². The van der Waals surface area contributed by atoms with Gasteiger partial charge in [0, 0.05) is 12.6 Å². The highest BCUT2D eigenvalue weighted by atomic mass is 79.9. The molecule has 0 aliphatic heterocycles. The second-order valence-corrected chi connectivity index (χ2v) is 4.68. The van der Waals surface area contributed by atoms with Crippen LogP contribution in [0.3, 0.4) is 0 Å². The van der Waals surface area contributed by atoms with Crippen molar-refractivity contribution in [3.05, 3.63) is 34.1 Å². The van der Waals surface area contributed by atoms with Gasteiger partial charge in [0.15, 0.2) is 5.69 Å². The number of ether oxygens (including phenoxy) is 1. The SMILES string of the molecule is COc1ccc(-c2nc(Br)c(C#N)n2C)cc1C. The zero-order valence-corrected chi connectivity index (χ0v) is 11.9. The van der Waals surface area contributed by atoms with E-state index in [0.29, 0.717) is 10.3 Å². The van der Waals surface area contributed by atoms with Crippen molar-refractivity contribution in [1.29, 1.82) is 5.26 Å². The van der Waals surface area contributed by atoms with Crippen molar-refractivity contribution in [1.82, 2.24) is 9.55 Å². The van der Waals surface area contributed by atoms with E-state index < -0.39 is 0 Å². The van der Waals surface area contributed by atoms with Crippen LogP contribution >= 0.6 is 15.9 Å². The van der Waals surface area contributed by atoms with Gasteiger partial charge in [0.1, 0.15) is 22.2 Å². The lowest BCUT2D eigenvalue weighted by molar-refractivity contribution is 0.412. The molecule has 5 heteroatoms. The molecule has 1 aromatic heterocycles. The van der Waals surface area contributed by atoms with Crippen LogP contribution in [0.1, 0.15) is 11.3 Å². The predicted octanol–water partition coefficient (Wildman–Crippen LogP) is 3.04. The van der Waals surface area contributed by atoms with Crippen molar-refractivity contribution in [3.63, 3.8) is 0 Å². The lowest BCUT2D eigenvalue weighted by atomic mass is 10.1. The van der Waals surface area contributed by atoms with Crippen molar-refractivity contribution in [2.45, 2.75) is 6.92 Å². The first-order valence-electron chi connectivity index (χ1n) is 5.35. The van der Waals surface area contributed by atoms with Crippen LogP contribution in [0.25, 0.3) is 11.4 Å². The Morgan fingerprint density at radius 1 is 1.44 bits per heavy atom. The van der Waals surface area contributed by atoms with E-state index in [2.05, 4.69) is 27.0 Å². The van der Waals surface area contributed by atoms with Crippen molar-refractivity contribution >= 4 is 15.9 Å². The molecule has 1 heterocycles.